The fourth-order valence-electron chi connectivity index (χ4n) is 3.11. The minimum absolute atomic E-state index is 0.0178. The lowest BCUT2D eigenvalue weighted by molar-refractivity contribution is -0.134. The molecule has 2 aromatic carbocycles. The third-order valence-corrected chi connectivity index (χ3v) is 4.62. The van der Waals surface area contributed by atoms with Crippen molar-refractivity contribution >= 4 is 11.8 Å². The predicted octanol–water partition coefficient (Wildman–Crippen LogP) is 2.67. The summed E-state index contributed by atoms with van der Waals surface area (Å²) in [6.07, 6.45) is 0. The average Bonchev–Trinajstić information content (AvgIpc) is 2.67. The van der Waals surface area contributed by atoms with Gasteiger partial charge in [-0.1, -0.05) is 35.9 Å². The van der Waals surface area contributed by atoms with E-state index in [-0.39, 0.29) is 18.4 Å². The van der Waals surface area contributed by atoms with Crippen molar-refractivity contribution < 1.29 is 14.3 Å². The molecule has 2 aromatic rings. The molecule has 0 radical (unpaired) electrons. The van der Waals surface area contributed by atoms with Gasteiger partial charge in [-0.3, -0.25) is 9.59 Å². The fraction of sp³-hybridized carbons (Fsp3) is 0.333. The molecule has 1 saturated heterocycles. The van der Waals surface area contributed by atoms with Gasteiger partial charge in [0.2, 0.25) is 0 Å². The van der Waals surface area contributed by atoms with Gasteiger partial charge in [-0.15, -0.1) is 0 Å². The molecule has 2 amide bonds. The van der Waals surface area contributed by atoms with E-state index in [9.17, 15) is 9.59 Å². The number of piperazine rings is 1. The number of rotatable bonds is 4. The van der Waals surface area contributed by atoms with Crippen molar-refractivity contribution in [1.82, 2.24) is 9.80 Å². The second kappa shape index (κ2) is 8.04. The molecule has 0 bridgehead atoms. The lowest BCUT2D eigenvalue weighted by Gasteiger charge is -2.34. The highest BCUT2D eigenvalue weighted by molar-refractivity contribution is 5.94. The summed E-state index contributed by atoms with van der Waals surface area (Å²) in [6.45, 7) is 6.18. The molecule has 136 valence electrons. The number of nitrogens with zero attached hydrogens (tertiary/aromatic N) is 2. The summed E-state index contributed by atoms with van der Waals surface area (Å²) in [4.78, 5) is 28.4. The maximum atomic E-state index is 12.4. The van der Waals surface area contributed by atoms with Gasteiger partial charge < -0.3 is 14.5 Å². The van der Waals surface area contributed by atoms with E-state index in [1.54, 1.807) is 9.80 Å². The summed E-state index contributed by atoms with van der Waals surface area (Å²) in [7, 11) is 0. The number of carbonyl (C=O) groups is 2. The number of benzene rings is 2. The van der Waals surface area contributed by atoms with Crippen LogP contribution in [0, 0.1) is 13.8 Å². The first-order chi connectivity index (χ1) is 12.5. The van der Waals surface area contributed by atoms with Crippen LogP contribution >= 0.6 is 0 Å². The minimum atomic E-state index is -0.0446. The highest BCUT2D eigenvalue weighted by Crippen LogP contribution is 2.19. The fourth-order valence-corrected chi connectivity index (χ4v) is 3.11. The van der Waals surface area contributed by atoms with E-state index in [1.807, 2.05) is 62.4 Å². The summed E-state index contributed by atoms with van der Waals surface area (Å²) >= 11 is 0. The summed E-state index contributed by atoms with van der Waals surface area (Å²) < 4.78 is 5.68. The Bertz CT molecular complexity index is 781. The van der Waals surface area contributed by atoms with Crippen LogP contribution in [-0.2, 0) is 4.79 Å². The summed E-state index contributed by atoms with van der Waals surface area (Å²) in [5, 5.41) is 0. The molecule has 26 heavy (non-hydrogen) atoms. The standard InChI is InChI=1S/C21H24N2O3/c1-16-8-9-19(17(2)14-16)26-15-20(24)22-10-12-23(13-11-22)21(25)18-6-4-3-5-7-18/h3-9,14H,10-13,15H2,1-2H3. The molecule has 3 rings (SSSR count). The van der Waals surface area contributed by atoms with Gasteiger partial charge in [0.25, 0.3) is 11.8 Å². The SMILES string of the molecule is Cc1ccc(OCC(=O)N2CCN(C(=O)c3ccccc3)CC2)c(C)c1. The maximum Gasteiger partial charge on any atom is 0.260 e. The van der Waals surface area contributed by atoms with Gasteiger partial charge in [-0.05, 0) is 37.6 Å². The van der Waals surface area contributed by atoms with Gasteiger partial charge in [0.1, 0.15) is 5.75 Å². The first-order valence-electron chi connectivity index (χ1n) is 8.87. The van der Waals surface area contributed by atoms with Crippen molar-refractivity contribution in [3.05, 3.63) is 65.2 Å². The molecule has 0 spiro atoms. The zero-order chi connectivity index (χ0) is 18.5. The molecular weight excluding hydrogens is 328 g/mol. The van der Waals surface area contributed by atoms with Gasteiger partial charge in [0, 0.05) is 31.7 Å². The predicted molar refractivity (Wildman–Crippen MR) is 100 cm³/mol. The Labute approximate surface area is 154 Å². The molecule has 5 heteroatoms. The summed E-state index contributed by atoms with van der Waals surface area (Å²) in [5.41, 5.74) is 2.88. The van der Waals surface area contributed by atoms with E-state index in [4.69, 9.17) is 4.74 Å². The lowest BCUT2D eigenvalue weighted by Crippen LogP contribution is -2.51. The third kappa shape index (κ3) is 4.23. The molecule has 1 heterocycles. The number of hydrogen-bond acceptors (Lipinski definition) is 3. The number of ether oxygens (including phenoxy) is 1. The zero-order valence-corrected chi connectivity index (χ0v) is 15.3. The van der Waals surface area contributed by atoms with E-state index in [0.29, 0.717) is 31.7 Å². The Morgan fingerprint density at radius 1 is 0.923 bits per heavy atom. The van der Waals surface area contributed by atoms with Crippen LogP contribution in [0.25, 0.3) is 0 Å². The second-order valence-corrected chi connectivity index (χ2v) is 6.60. The molecule has 0 aliphatic carbocycles. The minimum Gasteiger partial charge on any atom is -0.484 e. The van der Waals surface area contributed by atoms with Crippen LogP contribution in [0.1, 0.15) is 21.5 Å². The normalized spacial score (nSPS) is 14.2. The Kier molecular flexibility index (Phi) is 5.56. The molecule has 0 saturated carbocycles. The highest BCUT2D eigenvalue weighted by Gasteiger charge is 2.25. The Balaban J connectivity index is 1.50. The molecule has 0 atom stereocenters. The Hall–Kier alpha value is -2.82. The van der Waals surface area contributed by atoms with Gasteiger partial charge in [0.15, 0.2) is 6.61 Å². The molecular formula is C21H24N2O3. The van der Waals surface area contributed by atoms with Crippen molar-refractivity contribution in [3.8, 4) is 5.75 Å². The van der Waals surface area contributed by atoms with E-state index in [0.717, 1.165) is 11.3 Å². The Morgan fingerprint density at radius 2 is 1.58 bits per heavy atom. The molecule has 0 N–H and O–H groups in total. The van der Waals surface area contributed by atoms with E-state index in [1.165, 1.54) is 5.56 Å². The van der Waals surface area contributed by atoms with Crippen LogP contribution in [0.15, 0.2) is 48.5 Å². The van der Waals surface area contributed by atoms with Crippen LogP contribution in [0.2, 0.25) is 0 Å². The lowest BCUT2D eigenvalue weighted by atomic mass is 10.1. The zero-order valence-electron chi connectivity index (χ0n) is 15.3. The molecule has 1 fully saturated rings. The van der Waals surface area contributed by atoms with Gasteiger partial charge in [-0.2, -0.15) is 0 Å². The van der Waals surface area contributed by atoms with Crippen molar-refractivity contribution in [2.24, 2.45) is 0 Å². The average molecular weight is 352 g/mol. The van der Waals surface area contributed by atoms with Gasteiger partial charge in [-0.25, -0.2) is 0 Å². The maximum absolute atomic E-state index is 12.4. The molecule has 0 aromatic heterocycles. The summed E-state index contributed by atoms with van der Waals surface area (Å²) in [5.74, 6) is 0.711. The number of carbonyl (C=O) groups excluding carboxylic acids is 2. The topological polar surface area (TPSA) is 49.9 Å². The van der Waals surface area contributed by atoms with Crippen LogP contribution in [0.5, 0.6) is 5.75 Å². The quantitative estimate of drug-likeness (QED) is 0.850. The number of amides is 2. The number of hydrogen-bond donors (Lipinski definition) is 0. The molecule has 0 unspecified atom stereocenters. The van der Waals surface area contributed by atoms with Crippen molar-refractivity contribution in [2.45, 2.75) is 13.8 Å². The monoisotopic (exact) mass is 352 g/mol. The van der Waals surface area contributed by atoms with Crippen LogP contribution in [-0.4, -0.2) is 54.4 Å². The summed E-state index contributed by atoms with van der Waals surface area (Å²) in [6, 6.07) is 15.1. The highest BCUT2D eigenvalue weighted by atomic mass is 16.5. The Morgan fingerprint density at radius 3 is 2.23 bits per heavy atom. The molecule has 5 nitrogen and oxygen atoms in total. The first-order valence-corrected chi connectivity index (χ1v) is 8.87. The third-order valence-electron chi connectivity index (χ3n) is 4.62. The molecule has 1 aliphatic rings. The van der Waals surface area contributed by atoms with Crippen LogP contribution < -0.4 is 4.74 Å². The van der Waals surface area contributed by atoms with E-state index >= 15 is 0 Å². The van der Waals surface area contributed by atoms with Crippen LogP contribution in [0.3, 0.4) is 0 Å². The van der Waals surface area contributed by atoms with Crippen LogP contribution in [0.4, 0.5) is 0 Å². The first kappa shape index (κ1) is 18.0. The van der Waals surface area contributed by atoms with Crippen molar-refractivity contribution in [3.63, 3.8) is 0 Å². The van der Waals surface area contributed by atoms with E-state index in [2.05, 4.69) is 0 Å². The van der Waals surface area contributed by atoms with Crippen molar-refractivity contribution in [2.75, 3.05) is 32.8 Å². The van der Waals surface area contributed by atoms with E-state index < -0.39 is 0 Å². The van der Waals surface area contributed by atoms with Crippen molar-refractivity contribution in [1.29, 1.82) is 0 Å². The number of aryl methyl sites for hydroxylation is 2. The van der Waals surface area contributed by atoms with Gasteiger partial charge >= 0.3 is 0 Å². The smallest absolute Gasteiger partial charge is 0.260 e. The second-order valence-electron chi connectivity index (χ2n) is 6.60. The largest absolute Gasteiger partial charge is 0.484 e. The molecule has 1 aliphatic heterocycles. The van der Waals surface area contributed by atoms with Gasteiger partial charge in [0.05, 0.1) is 0 Å².